The SMILES string of the molecule is COc1ccc(CN2CCN(C(C)CN)CC2)cc1OC. The number of piperazine rings is 1. The lowest BCUT2D eigenvalue weighted by Crippen LogP contribution is -2.51. The molecule has 1 aliphatic rings. The summed E-state index contributed by atoms with van der Waals surface area (Å²) < 4.78 is 10.6. The summed E-state index contributed by atoms with van der Waals surface area (Å²) in [4.78, 5) is 4.94. The van der Waals surface area contributed by atoms with Crippen LogP contribution in [0.2, 0.25) is 0 Å². The van der Waals surface area contributed by atoms with Gasteiger partial charge in [0.2, 0.25) is 0 Å². The Hall–Kier alpha value is -1.30. The smallest absolute Gasteiger partial charge is 0.161 e. The average Bonchev–Trinajstić information content (AvgIpc) is 2.54. The van der Waals surface area contributed by atoms with Crippen molar-refractivity contribution in [3.05, 3.63) is 23.8 Å². The monoisotopic (exact) mass is 293 g/mol. The average molecular weight is 293 g/mol. The third-order valence-corrected chi connectivity index (χ3v) is 4.23. The van der Waals surface area contributed by atoms with Crippen LogP contribution in [0.25, 0.3) is 0 Å². The van der Waals surface area contributed by atoms with E-state index in [1.807, 2.05) is 6.07 Å². The van der Waals surface area contributed by atoms with E-state index in [2.05, 4.69) is 28.9 Å². The zero-order valence-electron chi connectivity index (χ0n) is 13.3. The molecule has 0 aliphatic carbocycles. The quantitative estimate of drug-likeness (QED) is 0.853. The summed E-state index contributed by atoms with van der Waals surface area (Å²) in [6, 6.07) is 6.62. The summed E-state index contributed by atoms with van der Waals surface area (Å²) in [5.74, 6) is 1.58. The van der Waals surface area contributed by atoms with Gasteiger partial charge in [-0.15, -0.1) is 0 Å². The summed E-state index contributed by atoms with van der Waals surface area (Å²) >= 11 is 0. The first-order chi connectivity index (χ1) is 10.2. The molecule has 2 rings (SSSR count). The van der Waals surface area contributed by atoms with Crippen LogP contribution < -0.4 is 15.2 Å². The molecule has 1 atom stereocenters. The summed E-state index contributed by atoms with van der Waals surface area (Å²) in [7, 11) is 3.34. The standard InChI is InChI=1S/C16H27N3O2/c1-13(11-17)19-8-6-18(7-9-19)12-14-4-5-15(20-2)16(10-14)21-3/h4-5,10,13H,6-9,11-12,17H2,1-3H3. The molecule has 0 bridgehead atoms. The molecular weight excluding hydrogens is 266 g/mol. The molecule has 5 nitrogen and oxygen atoms in total. The summed E-state index contributed by atoms with van der Waals surface area (Å²) in [5, 5.41) is 0. The van der Waals surface area contributed by atoms with Crippen LogP contribution in [0, 0.1) is 0 Å². The third kappa shape index (κ3) is 4.09. The maximum absolute atomic E-state index is 5.74. The Kier molecular flexibility index (Phi) is 5.85. The minimum absolute atomic E-state index is 0.480. The first-order valence-corrected chi connectivity index (χ1v) is 7.55. The molecular formula is C16H27N3O2. The van der Waals surface area contributed by atoms with Crippen molar-refractivity contribution < 1.29 is 9.47 Å². The number of ether oxygens (including phenoxy) is 2. The van der Waals surface area contributed by atoms with Gasteiger partial charge in [0.15, 0.2) is 11.5 Å². The Morgan fingerprint density at radius 2 is 1.76 bits per heavy atom. The maximum atomic E-state index is 5.74. The van der Waals surface area contributed by atoms with Crippen molar-refractivity contribution in [2.45, 2.75) is 19.5 Å². The number of benzene rings is 1. The molecule has 1 aromatic carbocycles. The van der Waals surface area contributed by atoms with Crippen molar-refractivity contribution in [1.29, 1.82) is 0 Å². The van der Waals surface area contributed by atoms with E-state index in [4.69, 9.17) is 15.2 Å². The lowest BCUT2D eigenvalue weighted by molar-refractivity contribution is 0.100. The Bertz CT molecular complexity index is 445. The number of rotatable bonds is 6. The molecule has 5 heteroatoms. The van der Waals surface area contributed by atoms with E-state index < -0.39 is 0 Å². The highest BCUT2D eigenvalue weighted by molar-refractivity contribution is 5.42. The van der Waals surface area contributed by atoms with E-state index >= 15 is 0 Å². The van der Waals surface area contributed by atoms with Crippen LogP contribution in [0.4, 0.5) is 0 Å². The van der Waals surface area contributed by atoms with E-state index in [1.165, 1.54) is 5.56 Å². The lowest BCUT2D eigenvalue weighted by atomic mass is 10.1. The molecule has 118 valence electrons. The lowest BCUT2D eigenvalue weighted by Gasteiger charge is -2.37. The largest absolute Gasteiger partial charge is 0.493 e. The van der Waals surface area contributed by atoms with E-state index in [1.54, 1.807) is 14.2 Å². The van der Waals surface area contributed by atoms with E-state index in [0.717, 1.165) is 50.8 Å². The third-order valence-electron chi connectivity index (χ3n) is 4.23. The molecule has 0 radical (unpaired) electrons. The van der Waals surface area contributed by atoms with Gasteiger partial charge in [-0.2, -0.15) is 0 Å². The molecule has 0 saturated carbocycles. The van der Waals surface area contributed by atoms with Crippen LogP contribution in [0.5, 0.6) is 11.5 Å². The Labute approximate surface area is 127 Å². The van der Waals surface area contributed by atoms with Crippen molar-refractivity contribution in [3.63, 3.8) is 0 Å². The highest BCUT2D eigenvalue weighted by Crippen LogP contribution is 2.28. The number of nitrogens with zero attached hydrogens (tertiary/aromatic N) is 2. The van der Waals surface area contributed by atoms with Gasteiger partial charge in [0.05, 0.1) is 14.2 Å². The molecule has 1 saturated heterocycles. The molecule has 1 aliphatic heterocycles. The Morgan fingerprint density at radius 1 is 1.10 bits per heavy atom. The summed E-state index contributed by atoms with van der Waals surface area (Å²) in [6.07, 6.45) is 0. The van der Waals surface area contributed by atoms with Crippen molar-refractivity contribution in [1.82, 2.24) is 9.80 Å². The van der Waals surface area contributed by atoms with Gasteiger partial charge >= 0.3 is 0 Å². The molecule has 0 aromatic heterocycles. The number of nitrogens with two attached hydrogens (primary N) is 1. The van der Waals surface area contributed by atoms with E-state index in [-0.39, 0.29) is 0 Å². The zero-order chi connectivity index (χ0) is 15.2. The second kappa shape index (κ2) is 7.64. The molecule has 0 amide bonds. The van der Waals surface area contributed by atoms with Crippen LogP contribution in [-0.2, 0) is 6.54 Å². The first kappa shape index (κ1) is 16.1. The highest BCUT2D eigenvalue weighted by Gasteiger charge is 2.20. The highest BCUT2D eigenvalue weighted by atomic mass is 16.5. The maximum Gasteiger partial charge on any atom is 0.161 e. The van der Waals surface area contributed by atoms with Gasteiger partial charge in [0.1, 0.15) is 0 Å². The molecule has 1 heterocycles. The normalized spacial score (nSPS) is 18.5. The second-order valence-electron chi connectivity index (χ2n) is 5.59. The fourth-order valence-corrected chi connectivity index (χ4v) is 2.75. The van der Waals surface area contributed by atoms with Crippen molar-refractivity contribution >= 4 is 0 Å². The van der Waals surface area contributed by atoms with Gasteiger partial charge in [-0.25, -0.2) is 0 Å². The van der Waals surface area contributed by atoms with Gasteiger partial charge in [0.25, 0.3) is 0 Å². The van der Waals surface area contributed by atoms with Crippen molar-refractivity contribution in [2.24, 2.45) is 5.73 Å². The van der Waals surface area contributed by atoms with Crippen LogP contribution in [0.1, 0.15) is 12.5 Å². The van der Waals surface area contributed by atoms with Gasteiger partial charge in [0, 0.05) is 45.3 Å². The topological polar surface area (TPSA) is 51.0 Å². The van der Waals surface area contributed by atoms with Crippen molar-refractivity contribution in [2.75, 3.05) is 46.9 Å². The number of methoxy groups -OCH3 is 2. The molecule has 21 heavy (non-hydrogen) atoms. The van der Waals surface area contributed by atoms with Crippen LogP contribution in [-0.4, -0.2) is 62.8 Å². The Morgan fingerprint density at radius 3 is 2.33 bits per heavy atom. The molecule has 1 fully saturated rings. The molecule has 0 spiro atoms. The number of hydrogen-bond donors (Lipinski definition) is 1. The fraction of sp³-hybridized carbons (Fsp3) is 0.625. The molecule has 1 aromatic rings. The van der Waals surface area contributed by atoms with Gasteiger partial charge in [-0.05, 0) is 24.6 Å². The van der Waals surface area contributed by atoms with Crippen LogP contribution >= 0.6 is 0 Å². The zero-order valence-corrected chi connectivity index (χ0v) is 13.3. The van der Waals surface area contributed by atoms with Crippen molar-refractivity contribution in [3.8, 4) is 11.5 Å². The first-order valence-electron chi connectivity index (χ1n) is 7.55. The van der Waals surface area contributed by atoms with Gasteiger partial charge in [-0.1, -0.05) is 6.07 Å². The number of hydrogen-bond acceptors (Lipinski definition) is 5. The molecule has 1 unspecified atom stereocenters. The second-order valence-corrected chi connectivity index (χ2v) is 5.59. The Balaban J connectivity index is 1.91. The summed E-state index contributed by atoms with van der Waals surface area (Å²) in [6.45, 7) is 8.22. The summed E-state index contributed by atoms with van der Waals surface area (Å²) in [5.41, 5.74) is 7.00. The fourth-order valence-electron chi connectivity index (χ4n) is 2.75. The predicted octanol–water partition coefficient (Wildman–Crippen LogP) is 1.17. The van der Waals surface area contributed by atoms with Gasteiger partial charge in [-0.3, -0.25) is 9.80 Å². The minimum atomic E-state index is 0.480. The minimum Gasteiger partial charge on any atom is -0.493 e. The van der Waals surface area contributed by atoms with Gasteiger partial charge < -0.3 is 15.2 Å². The van der Waals surface area contributed by atoms with E-state index in [0.29, 0.717) is 6.04 Å². The van der Waals surface area contributed by atoms with Crippen LogP contribution in [0.3, 0.4) is 0 Å². The van der Waals surface area contributed by atoms with E-state index in [9.17, 15) is 0 Å². The van der Waals surface area contributed by atoms with Crippen LogP contribution in [0.15, 0.2) is 18.2 Å². The molecule has 2 N–H and O–H groups in total. The predicted molar refractivity (Wildman–Crippen MR) is 84.9 cm³/mol.